The van der Waals surface area contributed by atoms with Crippen molar-refractivity contribution in [2.45, 2.75) is 66.5 Å². The van der Waals surface area contributed by atoms with Gasteiger partial charge in [0.25, 0.3) is 0 Å². The summed E-state index contributed by atoms with van der Waals surface area (Å²) in [5.74, 6) is 3.40. The first kappa shape index (κ1) is 19.0. The Kier molecular flexibility index (Phi) is 7.03. The molecular weight excluding hydrogens is 318 g/mol. The lowest BCUT2D eigenvalue weighted by atomic mass is 9.99. The fraction of sp³-hybridized carbons (Fsp3) is 0.611. The summed E-state index contributed by atoms with van der Waals surface area (Å²) in [5, 5.41) is 10.6. The van der Waals surface area contributed by atoms with Gasteiger partial charge in [0, 0.05) is 18.5 Å². The molecule has 138 valence electrons. The minimum atomic E-state index is 0.437. The van der Waals surface area contributed by atoms with Crippen molar-refractivity contribution in [2.24, 2.45) is 4.99 Å². The van der Waals surface area contributed by atoms with Crippen molar-refractivity contribution in [3.63, 3.8) is 0 Å². The summed E-state index contributed by atoms with van der Waals surface area (Å²) in [6.45, 7) is 11.9. The summed E-state index contributed by atoms with van der Waals surface area (Å²) in [5.41, 5.74) is 1.92. The van der Waals surface area contributed by atoms with Crippen molar-refractivity contribution >= 4 is 5.96 Å². The molecule has 0 aliphatic carbocycles. The quantitative estimate of drug-likeness (QED) is 0.562. The lowest BCUT2D eigenvalue weighted by Gasteiger charge is -2.09. The van der Waals surface area contributed by atoms with Gasteiger partial charge in [-0.05, 0) is 33.6 Å². The molecule has 2 heterocycles. The van der Waals surface area contributed by atoms with Gasteiger partial charge in [-0.15, -0.1) is 0 Å². The first-order chi connectivity index (χ1) is 12.1. The molecule has 0 amide bonds. The minimum Gasteiger partial charge on any atom is -0.444 e. The van der Waals surface area contributed by atoms with Gasteiger partial charge < -0.3 is 19.6 Å². The number of nitrogens with one attached hydrogen (secondary N) is 2. The zero-order valence-electron chi connectivity index (χ0n) is 15.8. The van der Waals surface area contributed by atoms with Gasteiger partial charge >= 0.3 is 0 Å². The Hall–Kier alpha value is -2.31. The van der Waals surface area contributed by atoms with Crippen LogP contribution in [0, 0.1) is 13.8 Å². The number of hydrogen-bond acceptors (Lipinski definition) is 5. The Morgan fingerprint density at radius 2 is 1.96 bits per heavy atom. The number of aliphatic imine (C=N–C) groups is 1. The predicted octanol–water partition coefficient (Wildman–Crippen LogP) is 3.44. The normalized spacial score (nSPS) is 12.0. The molecule has 0 atom stereocenters. The van der Waals surface area contributed by atoms with E-state index in [1.54, 1.807) is 0 Å². The van der Waals surface area contributed by atoms with Crippen molar-refractivity contribution < 1.29 is 8.94 Å². The molecular formula is C18H29N5O2. The van der Waals surface area contributed by atoms with Crippen LogP contribution in [-0.2, 0) is 13.1 Å². The second kappa shape index (κ2) is 9.25. The number of guanidine groups is 1. The average Bonchev–Trinajstić information content (AvgIpc) is 3.19. The fourth-order valence-corrected chi connectivity index (χ4v) is 2.58. The molecule has 25 heavy (non-hydrogen) atoms. The fourth-order valence-electron chi connectivity index (χ4n) is 2.58. The van der Waals surface area contributed by atoms with Gasteiger partial charge in [0.1, 0.15) is 12.3 Å². The number of aromatic nitrogens is 2. The van der Waals surface area contributed by atoms with Crippen LogP contribution in [0.3, 0.4) is 0 Å². The lowest BCUT2D eigenvalue weighted by molar-refractivity contribution is 0.372. The molecule has 2 aromatic heterocycles. The number of nitrogens with zero attached hydrogens (tertiary/aromatic N) is 3. The molecule has 0 fully saturated rings. The van der Waals surface area contributed by atoms with Gasteiger partial charge in [-0.1, -0.05) is 19.0 Å². The van der Waals surface area contributed by atoms with Crippen LogP contribution in [0.15, 0.2) is 20.0 Å². The zero-order valence-corrected chi connectivity index (χ0v) is 15.8. The van der Waals surface area contributed by atoms with E-state index in [1.807, 2.05) is 26.8 Å². The molecule has 0 aliphatic rings. The van der Waals surface area contributed by atoms with E-state index in [0.717, 1.165) is 42.3 Å². The van der Waals surface area contributed by atoms with E-state index in [0.29, 0.717) is 30.9 Å². The van der Waals surface area contributed by atoms with Crippen molar-refractivity contribution in [1.29, 1.82) is 0 Å². The van der Waals surface area contributed by atoms with Gasteiger partial charge in [-0.2, -0.15) is 0 Å². The Labute approximate surface area is 149 Å². The number of aryl methyl sites for hydroxylation is 2. The first-order valence-electron chi connectivity index (χ1n) is 8.97. The summed E-state index contributed by atoms with van der Waals surface area (Å²) in [6.07, 6.45) is 2.12. The number of hydrogen-bond donors (Lipinski definition) is 2. The van der Waals surface area contributed by atoms with Gasteiger partial charge in [0.15, 0.2) is 11.7 Å². The highest BCUT2D eigenvalue weighted by Crippen LogP contribution is 2.22. The van der Waals surface area contributed by atoms with Gasteiger partial charge in [-0.3, -0.25) is 0 Å². The van der Waals surface area contributed by atoms with E-state index in [4.69, 9.17) is 8.94 Å². The second-order valence-electron chi connectivity index (χ2n) is 6.03. The molecule has 2 N–H and O–H groups in total. The molecule has 0 unspecified atom stereocenters. The highest BCUT2D eigenvalue weighted by molar-refractivity contribution is 5.79. The average molecular weight is 347 g/mol. The van der Waals surface area contributed by atoms with E-state index in [9.17, 15) is 0 Å². The smallest absolute Gasteiger partial charge is 0.214 e. The van der Waals surface area contributed by atoms with Crippen LogP contribution in [0.2, 0.25) is 0 Å². The van der Waals surface area contributed by atoms with E-state index < -0.39 is 0 Å². The van der Waals surface area contributed by atoms with Crippen LogP contribution in [-0.4, -0.2) is 22.6 Å². The van der Waals surface area contributed by atoms with Crippen LogP contribution >= 0.6 is 0 Å². The molecule has 0 saturated carbocycles. The molecule has 2 aromatic rings. The maximum absolute atomic E-state index is 5.58. The van der Waals surface area contributed by atoms with E-state index >= 15 is 0 Å². The van der Waals surface area contributed by atoms with Crippen LogP contribution < -0.4 is 10.6 Å². The Bertz CT molecular complexity index is 666. The monoisotopic (exact) mass is 347 g/mol. The molecule has 0 radical (unpaired) electrons. The Balaban J connectivity index is 1.96. The van der Waals surface area contributed by atoms with E-state index in [2.05, 4.69) is 39.6 Å². The summed E-state index contributed by atoms with van der Waals surface area (Å²) in [7, 11) is 0. The largest absolute Gasteiger partial charge is 0.444 e. The predicted molar refractivity (Wildman–Crippen MR) is 97.5 cm³/mol. The van der Waals surface area contributed by atoms with Crippen molar-refractivity contribution in [2.75, 3.05) is 6.54 Å². The molecule has 0 aliphatic heterocycles. The summed E-state index contributed by atoms with van der Waals surface area (Å²) < 4.78 is 11.0. The summed E-state index contributed by atoms with van der Waals surface area (Å²) in [4.78, 5) is 8.91. The van der Waals surface area contributed by atoms with Gasteiger partial charge in [0.05, 0.1) is 17.9 Å². The first-order valence-corrected chi connectivity index (χ1v) is 8.97. The van der Waals surface area contributed by atoms with Crippen molar-refractivity contribution in [1.82, 2.24) is 20.8 Å². The zero-order chi connectivity index (χ0) is 18.2. The van der Waals surface area contributed by atoms with E-state index in [1.165, 1.54) is 0 Å². The topological polar surface area (TPSA) is 88.5 Å². The van der Waals surface area contributed by atoms with Crippen molar-refractivity contribution in [3.8, 4) is 0 Å². The third-order valence-corrected chi connectivity index (χ3v) is 4.20. The lowest BCUT2D eigenvalue weighted by Crippen LogP contribution is -2.36. The van der Waals surface area contributed by atoms with Crippen LogP contribution in [0.5, 0.6) is 0 Å². The number of rotatable bonds is 8. The third-order valence-electron chi connectivity index (χ3n) is 4.20. The summed E-state index contributed by atoms with van der Waals surface area (Å²) >= 11 is 0. The third kappa shape index (κ3) is 5.34. The van der Waals surface area contributed by atoms with Crippen molar-refractivity contribution in [3.05, 3.63) is 34.9 Å². The van der Waals surface area contributed by atoms with Gasteiger partial charge in [-0.25, -0.2) is 9.98 Å². The molecule has 0 saturated heterocycles. The van der Waals surface area contributed by atoms with Crippen LogP contribution in [0.1, 0.15) is 68.3 Å². The second-order valence-corrected chi connectivity index (χ2v) is 6.03. The molecule has 7 nitrogen and oxygen atoms in total. The Morgan fingerprint density at radius 1 is 1.20 bits per heavy atom. The Morgan fingerprint density at radius 3 is 2.56 bits per heavy atom. The molecule has 0 aromatic carbocycles. The minimum absolute atomic E-state index is 0.437. The molecule has 0 spiro atoms. The maximum Gasteiger partial charge on any atom is 0.214 e. The molecule has 2 rings (SSSR count). The van der Waals surface area contributed by atoms with E-state index in [-0.39, 0.29) is 0 Å². The standard InChI is InChI=1S/C18H29N5O2/c1-6-14(7-2)16-9-15(25-23-16)10-20-18(19-8-3)21-11-17-22-12(4)13(5)24-17/h9,14H,6-8,10-11H2,1-5H3,(H2,19,20,21). The highest BCUT2D eigenvalue weighted by Gasteiger charge is 2.13. The highest BCUT2D eigenvalue weighted by atomic mass is 16.5. The molecule has 7 heteroatoms. The maximum atomic E-state index is 5.58. The van der Waals surface area contributed by atoms with Crippen LogP contribution in [0.25, 0.3) is 0 Å². The van der Waals surface area contributed by atoms with Gasteiger partial charge in [0.2, 0.25) is 5.89 Å². The number of oxazole rings is 1. The SMILES string of the molecule is CCNC(=NCc1cc(C(CC)CC)no1)NCc1nc(C)c(C)o1. The van der Waals surface area contributed by atoms with Crippen LogP contribution in [0.4, 0.5) is 0 Å². The molecule has 0 bridgehead atoms. The summed E-state index contributed by atoms with van der Waals surface area (Å²) in [6, 6.07) is 2.01.